The summed E-state index contributed by atoms with van der Waals surface area (Å²) < 4.78 is 12.3. The van der Waals surface area contributed by atoms with Gasteiger partial charge in [-0.1, -0.05) is 0 Å². The van der Waals surface area contributed by atoms with E-state index < -0.39 is 5.97 Å². The molecule has 1 aliphatic heterocycles. The highest BCUT2D eigenvalue weighted by Gasteiger charge is 2.15. The summed E-state index contributed by atoms with van der Waals surface area (Å²) in [7, 11) is 0. The van der Waals surface area contributed by atoms with Gasteiger partial charge in [0.05, 0.1) is 13.2 Å². The highest BCUT2D eigenvalue weighted by Crippen LogP contribution is 2.30. The zero-order valence-corrected chi connectivity index (χ0v) is 12.2. The second-order valence-electron chi connectivity index (χ2n) is 4.96. The zero-order valence-electron chi connectivity index (χ0n) is 12.2. The Morgan fingerprint density at radius 1 is 1.22 bits per heavy atom. The Hall–Kier alpha value is -3.03. The Kier molecular flexibility index (Phi) is 4.13. The number of aliphatic carboxylic acids is 1. The van der Waals surface area contributed by atoms with E-state index in [1.54, 1.807) is 18.2 Å². The fraction of sp³-hybridized carbons (Fsp3) is 0.267. The number of carboxylic acids is 1. The van der Waals surface area contributed by atoms with Crippen LogP contribution in [0.3, 0.4) is 0 Å². The standard InChI is InChI=1S/C15H15N3O5/c19-14(20)9-18-5-4-13(17-18)16-15(21)10-2-3-11-12(8-10)23-7-1-6-22-11/h2-5,8H,1,6-7,9H2,(H,19,20)(H,16,17,21). The van der Waals surface area contributed by atoms with Gasteiger partial charge in [0, 0.05) is 24.2 Å². The van der Waals surface area contributed by atoms with Crippen molar-refractivity contribution in [1.29, 1.82) is 0 Å². The van der Waals surface area contributed by atoms with Gasteiger partial charge in [0.2, 0.25) is 0 Å². The molecule has 0 aliphatic carbocycles. The molecule has 0 unspecified atom stereocenters. The number of aromatic nitrogens is 2. The first-order chi connectivity index (χ1) is 11.1. The van der Waals surface area contributed by atoms with Gasteiger partial charge in [-0.15, -0.1) is 0 Å². The summed E-state index contributed by atoms with van der Waals surface area (Å²) in [6.07, 6.45) is 2.27. The molecule has 23 heavy (non-hydrogen) atoms. The first-order valence-corrected chi connectivity index (χ1v) is 7.08. The number of benzene rings is 1. The predicted octanol–water partition coefficient (Wildman–Crippen LogP) is 1.38. The van der Waals surface area contributed by atoms with Gasteiger partial charge in [-0.2, -0.15) is 5.10 Å². The van der Waals surface area contributed by atoms with Crippen molar-refractivity contribution >= 4 is 17.7 Å². The van der Waals surface area contributed by atoms with E-state index in [0.29, 0.717) is 30.3 Å². The monoisotopic (exact) mass is 317 g/mol. The fourth-order valence-corrected chi connectivity index (χ4v) is 2.15. The number of hydrogen-bond donors (Lipinski definition) is 2. The van der Waals surface area contributed by atoms with E-state index in [2.05, 4.69) is 10.4 Å². The lowest BCUT2D eigenvalue weighted by Crippen LogP contribution is -2.14. The molecule has 0 saturated heterocycles. The van der Waals surface area contributed by atoms with Crippen molar-refractivity contribution in [3.63, 3.8) is 0 Å². The number of nitrogens with one attached hydrogen (secondary N) is 1. The molecule has 0 spiro atoms. The molecule has 0 fully saturated rings. The van der Waals surface area contributed by atoms with E-state index in [0.717, 1.165) is 6.42 Å². The van der Waals surface area contributed by atoms with E-state index in [4.69, 9.17) is 14.6 Å². The van der Waals surface area contributed by atoms with Crippen molar-refractivity contribution in [3.05, 3.63) is 36.0 Å². The van der Waals surface area contributed by atoms with Gasteiger partial charge in [0.1, 0.15) is 6.54 Å². The van der Waals surface area contributed by atoms with Crippen molar-refractivity contribution in [2.75, 3.05) is 18.5 Å². The Morgan fingerprint density at radius 2 is 2.00 bits per heavy atom. The number of fused-ring (bicyclic) bond motifs is 1. The summed E-state index contributed by atoms with van der Waals surface area (Å²) >= 11 is 0. The van der Waals surface area contributed by atoms with Gasteiger partial charge in [-0.05, 0) is 18.2 Å². The molecule has 0 bridgehead atoms. The van der Waals surface area contributed by atoms with Crippen LogP contribution in [0.1, 0.15) is 16.8 Å². The van der Waals surface area contributed by atoms with E-state index >= 15 is 0 Å². The molecule has 3 rings (SSSR count). The molecular formula is C15H15N3O5. The van der Waals surface area contributed by atoms with E-state index in [9.17, 15) is 9.59 Å². The third kappa shape index (κ3) is 3.60. The molecule has 8 heteroatoms. The van der Waals surface area contributed by atoms with Crippen LogP contribution < -0.4 is 14.8 Å². The lowest BCUT2D eigenvalue weighted by Gasteiger charge is -2.09. The normalized spacial score (nSPS) is 13.2. The number of nitrogens with zero attached hydrogens (tertiary/aromatic N) is 2. The first-order valence-electron chi connectivity index (χ1n) is 7.08. The molecule has 1 aromatic carbocycles. The number of carbonyl (C=O) groups is 2. The van der Waals surface area contributed by atoms with Gasteiger partial charge in [-0.3, -0.25) is 14.3 Å². The second kappa shape index (κ2) is 6.39. The largest absolute Gasteiger partial charge is 0.490 e. The number of rotatable bonds is 4. The van der Waals surface area contributed by atoms with Crippen LogP contribution in [0.4, 0.5) is 5.82 Å². The lowest BCUT2D eigenvalue weighted by atomic mass is 10.2. The maximum atomic E-state index is 12.2. The Bertz CT molecular complexity index is 740. The SMILES string of the molecule is O=C(O)Cn1ccc(NC(=O)c2ccc3c(c2)OCCCO3)n1. The summed E-state index contributed by atoms with van der Waals surface area (Å²) in [6.45, 7) is 0.858. The molecule has 1 aromatic heterocycles. The van der Waals surface area contributed by atoms with E-state index in [1.807, 2.05) is 0 Å². The molecule has 2 aromatic rings. The average Bonchev–Trinajstić information content (AvgIpc) is 2.81. The number of amides is 1. The molecular weight excluding hydrogens is 302 g/mol. The smallest absolute Gasteiger partial charge is 0.325 e. The van der Waals surface area contributed by atoms with Crippen LogP contribution in [-0.4, -0.2) is 40.0 Å². The minimum Gasteiger partial charge on any atom is -0.490 e. The minimum atomic E-state index is -1.01. The topological polar surface area (TPSA) is 103 Å². The van der Waals surface area contributed by atoms with Crippen LogP contribution >= 0.6 is 0 Å². The first kappa shape index (κ1) is 14.9. The maximum Gasteiger partial charge on any atom is 0.325 e. The summed E-state index contributed by atoms with van der Waals surface area (Å²) in [5.41, 5.74) is 0.405. The summed E-state index contributed by atoms with van der Waals surface area (Å²) in [5, 5.41) is 15.3. The Labute approximate surface area is 131 Å². The van der Waals surface area contributed by atoms with Gasteiger partial charge in [0.15, 0.2) is 17.3 Å². The van der Waals surface area contributed by atoms with Crippen LogP contribution in [0.25, 0.3) is 0 Å². The van der Waals surface area contributed by atoms with Crippen molar-refractivity contribution < 1.29 is 24.2 Å². The van der Waals surface area contributed by atoms with Gasteiger partial charge < -0.3 is 19.9 Å². The molecule has 0 saturated carbocycles. The van der Waals surface area contributed by atoms with Crippen LogP contribution in [0.15, 0.2) is 30.5 Å². The van der Waals surface area contributed by atoms with Crippen LogP contribution in [0.5, 0.6) is 11.5 Å². The summed E-state index contributed by atoms with van der Waals surface area (Å²) in [6, 6.07) is 6.48. The summed E-state index contributed by atoms with van der Waals surface area (Å²) in [4.78, 5) is 22.9. The number of carbonyl (C=O) groups excluding carboxylic acids is 1. The van der Waals surface area contributed by atoms with Crippen LogP contribution in [-0.2, 0) is 11.3 Å². The predicted molar refractivity (Wildman–Crippen MR) is 79.9 cm³/mol. The third-order valence-corrected chi connectivity index (χ3v) is 3.19. The highest BCUT2D eigenvalue weighted by atomic mass is 16.5. The maximum absolute atomic E-state index is 12.2. The van der Waals surface area contributed by atoms with Crippen molar-refractivity contribution in [2.45, 2.75) is 13.0 Å². The molecule has 1 aliphatic rings. The van der Waals surface area contributed by atoms with Crippen LogP contribution in [0.2, 0.25) is 0 Å². The molecule has 120 valence electrons. The molecule has 2 heterocycles. The van der Waals surface area contributed by atoms with E-state index in [1.165, 1.54) is 16.9 Å². The fourth-order valence-electron chi connectivity index (χ4n) is 2.15. The average molecular weight is 317 g/mol. The van der Waals surface area contributed by atoms with Crippen LogP contribution in [0, 0.1) is 0 Å². The van der Waals surface area contributed by atoms with Crippen molar-refractivity contribution in [1.82, 2.24) is 9.78 Å². The van der Waals surface area contributed by atoms with E-state index in [-0.39, 0.29) is 18.3 Å². The molecule has 0 radical (unpaired) electrons. The van der Waals surface area contributed by atoms with Gasteiger partial charge >= 0.3 is 5.97 Å². The number of carboxylic acid groups (broad SMARTS) is 1. The van der Waals surface area contributed by atoms with Crippen molar-refractivity contribution in [3.8, 4) is 11.5 Å². The second-order valence-corrected chi connectivity index (χ2v) is 4.96. The third-order valence-electron chi connectivity index (χ3n) is 3.19. The summed E-state index contributed by atoms with van der Waals surface area (Å²) in [5.74, 6) is 0.0646. The highest BCUT2D eigenvalue weighted by molar-refractivity contribution is 6.04. The quantitative estimate of drug-likeness (QED) is 0.883. The molecule has 1 amide bonds. The van der Waals surface area contributed by atoms with Crippen molar-refractivity contribution in [2.24, 2.45) is 0 Å². The number of anilines is 1. The zero-order chi connectivity index (χ0) is 16.2. The Balaban J connectivity index is 1.72. The lowest BCUT2D eigenvalue weighted by molar-refractivity contribution is -0.137. The minimum absolute atomic E-state index is 0.264. The molecule has 8 nitrogen and oxygen atoms in total. The molecule has 2 N–H and O–H groups in total. The number of ether oxygens (including phenoxy) is 2. The Morgan fingerprint density at radius 3 is 2.78 bits per heavy atom. The number of hydrogen-bond acceptors (Lipinski definition) is 5. The molecule has 0 atom stereocenters. The van der Waals surface area contributed by atoms with Gasteiger partial charge in [-0.25, -0.2) is 0 Å². The van der Waals surface area contributed by atoms with Gasteiger partial charge in [0.25, 0.3) is 5.91 Å².